The molecular formula is C14H24N2O3. The number of esters is 1. The first-order valence-electron chi connectivity index (χ1n) is 6.91. The Bertz CT molecular complexity index is 328. The predicted molar refractivity (Wildman–Crippen MR) is 72.1 cm³/mol. The van der Waals surface area contributed by atoms with Gasteiger partial charge in [-0.15, -0.1) is 0 Å². The van der Waals surface area contributed by atoms with Crippen molar-refractivity contribution in [3.05, 3.63) is 0 Å². The molecule has 0 spiro atoms. The van der Waals surface area contributed by atoms with Gasteiger partial charge in [0.2, 0.25) is 5.91 Å². The molecule has 0 aliphatic carbocycles. The van der Waals surface area contributed by atoms with Gasteiger partial charge >= 0.3 is 5.97 Å². The van der Waals surface area contributed by atoms with Crippen LogP contribution in [-0.4, -0.2) is 25.0 Å². The van der Waals surface area contributed by atoms with E-state index in [2.05, 4.69) is 11.4 Å². The van der Waals surface area contributed by atoms with Crippen LogP contribution < -0.4 is 5.32 Å². The number of hydrogen-bond donors (Lipinski definition) is 1. The minimum absolute atomic E-state index is 0.138. The van der Waals surface area contributed by atoms with Crippen LogP contribution in [0, 0.1) is 16.7 Å². The third kappa shape index (κ3) is 5.73. The van der Waals surface area contributed by atoms with E-state index >= 15 is 0 Å². The Labute approximate surface area is 115 Å². The van der Waals surface area contributed by atoms with Gasteiger partial charge in [0, 0.05) is 6.54 Å². The second-order valence-electron chi connectivity index (χ2n) is 4.50. The van der Waals surface area contributed by atoms with Crippen molar-refractivity contribution in [3.8, 4) is 6.07 Å². The topological polar surface area (TPSA) is 79.2 Å². The zero-order valence-corrected chi connectivity index (χ0v) is 12.1. The summed E-state index contributed by atoms with van der Waals surface area (Å²) in [6.07, 6.45) is 2.78. The fraction of sp³-hybridized carbons (Fsp3) is 0.786. The molecule has 0 aromatic carbocycles. The van der Waals surface area contributed by atoms with Crippen LogP contribution in [0.25, 0.3) is 0 Å². The van der Waals surface area contributed by atoms with E-state index in [-0.39, 0.29) is 24.8 Å². The molecule has 0 bridgehead atoms. The Hall–Kier alpha value is -1.57. The van der Waals surface area contributed by atoms with Crippen molar-refractivity contribution < 1.29 is 14.3 Å². The van der Waals surface area contributed by atoms with Crippen molar-refractivity contribution in [2.45, 2.75) is 52.9 Å². The molecule has 0 unspecified atom stereocenters. The Morgan fingerprint density at radius 3 is 2.21 bits per heavy atom. The van der Waals surface area contributed by atoms with Crippen molar-refractivity contribution in [2.24, 2.45) is 5.41 Å². The van der Waals surface area contributed by atoms with Gasteiger partial charge in [-0.3, -0.25) is 9.59 Å². The van der Waals surface area contributed by atoms with E-state index in [0.29, 0.717) is 19.4 Å². The molecule has 0 aliphatic rings. The van der Waals surface area contributed by atoms with Crippen LogP contribution in [-0.2, 0) is 14.3 Å². The lowest BCUT2D eigenvalue weighted by atomic mass is 9.80. The Morgan fingerprint density at radius 2 is 1.79 bits per heavy atom. The van der Waals surface area contributed by atoms with Gasteiger partial charge in [0.15, 0.2) is 0 Å². The molecular weight excluding hydrogens is 244 g/mol. The van der Waals surface area contributed by atoms with Crippen LogP contribution in [0.1, 0.15) is 52.9 Å². The normalized spacial score (nSPS) is 10.6. The second kappa shape index (κ2) is 9.37. The molecule has 0 radical (unpaired) electrons. The zero-order valence-electron chi connectivity index (χ0n) is 12.1. The second-order valence-corrected chi connectivity index (χ2v) is 4.50. The van der Waals surface area contributed by atoms with Crippen LogP contribution in [0.3, 0.4) is 0 Å². The third-order valence-corrected chi connectivity index (χ3v) is 2.92. The predicted octanol–water partition coefficient (Wildman–Crippen LogP) is 2.17. The number of nitriles is 1. The average molecular weight is 268 g/mol. The van der Waals surface area contributed by atoms with Crippen molar-refractivity contribution in [2.75, 3.05) is 13.2 Å². The molecule has 0 rings (SSSR count). The number of carbonyl (C=O) groups is 2. The lowest BCUT2D eigenvalue weighted by Crippen LogP contribution is -2.41. The maximum absolute atomic E-state index is 12.1. The number of hydrogen-bond acceptors (Lipinski definition) is 4. The number of ether oxygens (including phenoxy) is 1. The van der Waals surface area contributed by atoms with Gasteiger partial charge in [0.1, 0.15) is 5.41 Å². The van der Waals surface area contributed by atoms with E-state index in [1.165, 1.54) is 0 Å². The minimum Gasteiger partial charge on any atom is -0.466 e. The van der Waals surface area contributed by atoms with Crippen LogP contribution in [0.5, 0.6) is 0 Å². The maximum atomic E-state index is 12.1. The van der Waals surface area contributed by atoms with Crippen molar-refractivity contribution in [1.29, 1.82) is 5.26 Å². The van der Waals surface area contributed by atoms with Gasteiger partial charge in [-0.25, -0.2) is 0 Å². The standard InChI is InChI=1S/C14H24N2O3/c1-4-8-14(11-15,9-5-2)13(18)16-10-7-12(17)19-6-3/h4-10H2,1-3H3,(H,16,18). The largest absolute Gasteiger partial charge is 0.466 e. The summed E-state index contributed by atoms with van der Waals surface area (Å²) in [6, 6.07) is 2.15. The molecule has 0 aromatic rings. The summed E-state index contributed by atoms with van der Waals surface area (Å²) < 4.78 is 4.78. The summed E-state index contributed by atoms with van der Waals surface area (Å²) >= 11 is 0. The van der Waals surface area contributed by atoms with E-state index in [4.69, 9.17) is 4.74 Å². The highest BCUT2D eigenvalue weighted by Crippen LogP contribution is 2.29. The molecule has 0 saturated heterocycles. The first-order chi connectivity index (χ1) is 9.06. The molecule has 0 fully saturated rings. The van der Waals surface area contributed by atoms with Gasteiger partial charge in [0.05, 0.1) is 19.1 Å². The van der Waals surface area contributed by atoms with Crippen molar-refractivity contribution in [3.63, 3.8) is 0 Å². The number of nitrogens with zero attached hydrogens (tertiary/aromatic N) is 1. The van der Waals surface area contributed by atoms with Gasteiger partial charge < -0.3 is 10.1 Å². The number of rotatable bonds is 9. The monoisotopic (exact) mass is 268 g/mol. The van der Waals surface area contributed by atoms with E-state index in [1.54, 1.807) is 6.92 Å². The molecule has 0 heterocycles. The van der Waals surface area contributed by atoms with Gasteiger partial charge in [-0.1, -0.05) is 26.7 Å². The number of nitrogens with one attached hydrogen (secondary N) is 1. The zero-order chi connectivity index (χ0) is 14.7. The summed E-state index contributed by atoms with van der Waals surface area (Å²) in [6.45, 7) is 6.19. The summed E-state index contributed by atoms with van der Waals surface area (Å²) in [5.74, 6) is -0.612. The van der Waals surface area contributed by atoms with Crippen molar-refractivity contribution >= 4 is 11.9 Å². The Balaban J connectivity index is 4.41. The fourth-order valence-corrected chi connectivity index (χ4v) is 2.05. The molecule has 0 aliphatic heterocycles. The molecule has 1 amide bonds. The molecule has 108 valence electrons. The van der Waals surface area contributed by atoms with E-state index < -0.39 is 5.41 Å². The highest BCUT2D eigenvalue weighted by Gasteiger charge is 2.36. The van der Waals surface area contributed by atoms with Gasteiger partial charge in [0.25, 0.3) is 0 Å². The highest BCUT2D eigenvalue weighted by atomic mass is 16.5. The number of carbonyl (C=O) groups excluding carboxylic acids is 2. The lowest BCUT2D eigenvalue weighted by Gasteiger charge is -2.24. The maximum Gasteiger partial charge on any atom is 0.307 e. The van der Waals surface area contributed by atoms with E-state index in [1.807, 2.05) is 13.8 Å². The quantitative estimate of drug-likeness (QED) is 0.650. The first kappa shape index (κ1) is 17.4. The molecule has 0 aromatic heterocycles. The third-order valence-electron chi connectivity index (χ3n) is 2.92. The summed E-state index contributed by atoms with van der Waals surface area (Å²) in [5.41, 5.74) is -0.960. The average Bonchev–Trinajstić information content (AvgIpc) is 2.38. The smallest absolute Gasteiger partial charge is 0.307 e. The first-order valence-corrected chi connectivity index (χ1v) is 6.91. The van der Waals surface area contributed by atoms with Gasteiger partial charge in [-0.05, 0) is 19.8 Å². The van der Waals surface area contributed by atoms with Crippen LogP contribution >= 0.6 is 0 Å². The summed E-state index contributed by atoms with van der Waals surface area (Å²) in [4.78, 5) is 23.3. The molecule has 5 nitrogen and oxygen atoms in total. The Morgan fingerprint density at radius 1 is 1.21 bits per heavy atom. The molecule has 1 N–H and O–H groups in total. The van der Waals surface area contributed by atoms with Crippen LogP contribution in [0.2, 0.25) is 0 Å². The molecule has 5 heteroatoms. The van der Waals surface area contributed by atoms with E-state index in [9.17, 15) is 14.9 Å². The number of amides is 1. The lowest BCUT2D eigenvalue weighted by molar-refractivity contribution is -0.143. The van der Waals surface area contributed by atoms with Crippen LogP contribution in [0.15, 0.2) is 0 Å². The van der Waals surface area contributed by atoms with Crippen LogP contribution in [0.4, 0.5) is 0 Å². The van der Waals surface area contributed by atoms with Crippen molar-refractivity contribution in [1.82, 2.24) is 5.32 Å². The summed E-state index contributed by atoms with van der Waals surface area (Å²) in [5, 5.41) is 12.0. The highest BCUT2D eigenvalue weighted by molar-refractivity contribution is 5.85. The summed E-state index contributed by atoms with van der Waals surface area (Å²) in [7, 11) is 0. The fourth-order valence-electron chi connectivity index (χ4n) is 2.05. The SMILES string of the molecule is CCCC(C#N)(CCC)C(=O)NCCC(=O)OCC. The van der Waals surface area contributed by atoms with Gasteiger partial charge in [-0.2, -0.15) is 5.26 Å². The molecule has 0 saturated carbocycles. The molecule has 19 heavy (non-hydrogen) atoms. The van der Waals surface area contributed by atoms with E-state index in [0.717, 1.165) is 12.8 Å². The Kier molecular flexibility index (Phi) is 8.60. The minimum atomic E-state index is -0.960. The molecule has 0 atom stereocenters.